The molecule has 2 heterocycles. The number of anilines is 1. The Hall–Kier alpha value is -1.93. The number of carboxylic acids is 1. The fraction of sp³-hybridized carbons (Fsp3) is 0.231. The summed E-state index contributed by atoms with van der Waals surface area (Å²) in [5, 5.41) is 12.7. The van der Waals surface area contributed by atoms with Crippen LogP contribution < -0.4 is 5.32 Å². The van der Waals surface area contributed by atoms with E-state index in [0.717, 1.165) is 11.3 Å². The molecule has 0 radical (unpaired) electrons. The maximum Gasteiger partial charge on any atom is 0.345 e. The molecule has 0 fully saturated rings. The third-order valence-electron chi connectivity index (χ3n) is 2.64. The summed E-state index contributed by atoms with van der Waals surface area (Å²) >= 11 is 2.38. The van der Waals surface area contributed by atoms with Gasteiger partial charge in [-0.2, -0.15) is 0 Å². The highest BCUT2D eigenvalue weighted by Gasteiger charge is 2.18. The van der Waals surface area contributed by atoms with Gasteiger partial charge in [-0.3, -0.25) is 4.79 Å². The van der Waals surface area contributed by atoms with Gasteiger partial charge in [0.05, 0.1) is 16.3 Å². The van der Waals surface area contributed by atoms with Crippen molar-refractivity contribution in [3.63, 3.8) is 0 Å². The first-order valence-electron chi connectivity index (χ1n) is 5.96. The van der Waals surface area contributed by atoms with Crippen molar-refractivity contribution < 1.29 is 14.7 Å². The lowest BCUT2D eigenvalue weighted by Gasteiger charge is -2.10. The second-order valence-corrected chi connectivity index (χ2v) is 6.04. The average Bonchev–Trinajstić information content (AvgIpc) is 2.86. The first-order valence-corrected chi connectivity index (χ1v) is 8.00. The molecule has 2 rings (SSSR count). The zero-order valence-electron chi connectivity index (χ0n) is 11.6. The van der Waals surface area contributed by atoms with E-state index in [9.17, 15) is 9.59 Å². The summed E-state index contributed by atoms with van der Waals surface area (Å²) in [6.07, 6.45) is 1.84. The molecule has 0 saturated carbocycles. The number of carbonyl (C=O) groups is 2. The van der Waals surface area contributed by atoms with Crippen molar-refractivity contribution in [2.24, 2.45) is 0 Å². The number of aromatic carboxylic acids is 1. The van der Waals surface area contributed by atoms with Crippen LogP contribution in [0.15, 0.2) is 17.2 Å². The molecule has 2 N–H and O–H groups in total. The van der Waals surface area contributed by atoms with Gasteiger partial charge in [0.25, 0.3) is 5.91 Å². The summed E-state index contributed by atoms with van der Waals surface area (Å²) in [5.41, 5.74) is 1.01. The van der Waals surface area contributed by atoms with Crippen molar-refractivity contribution in [1.82, 2.24) is 9.97 Å². The second-order valence-electron chi connectivity index (χ2n) is 4.16. The molecule has 0 aromatic carbocycles. The third-order valence-corrected chi connectivity index (χ3v) is 4.31. The molecule has 21 heavy (non-hydrogen) atoms. The molecule has 0 saturated heterocycles. The first kappa shape index (κ1) is 15.5. The zero-order valence-corrected chi connectivity index (χ0v) is 13.3. The minimum atomic E-state index is -1.01. The van der Waals surface area contributed by atoms with E-state index in [4.69, 9.17) is 5.11 Å². The van der Waals surface area contributed by atoms with Crippen molar-refractivity contribution >= 4 is 40.0 Å². The van der Waals surface area contributed by atoms with Gasteiger partial charge in [-0.15, -0.1) is 23.1 Å². The Kier molecular flexibility index (Phi) is 4.59. The Morgan fingerprint density at radius 2 is 2.00 bits per heavy atom. The first-order chi connectivity index (χ1) is 9.92. The van der Waals surface area contributed by atoms with E-state index in [1.165, 1.54) is 17.8 Å². The Morgan fingerprint density at radius 3 is 2.57 bits per heavy atom. The maximum absolute atomic E-state index is 12.4. The van der Waals surface area contributed by atoms with Gasteiger partial charge in [0.15, 0.2) is 0 Å². The van der Waals surface area contributed by atoms with Gasteiger partial charge in [0.2, 0.25) is 0 Å². The number of thioether (sulfide) groups is 1. The van der Waals surface area contributed by atoms with Crippen LogP contribution >= 0.6 is 23.1 Å². The molecule has 110 valence electrons. The van der Waals surface area contributed by atoms with E-state index in [1.807, 2.05) is 6.26 Å². The minimum Gasteiger partial charge on any atom is -0.477 e. The van der Waals surface area contributed by atoms with E-state index in [-0.39, 0.29) is 10.8 Å². The lowest BCUT2D eigenvalue weighted by Crippen LogP contribution is -2.16. The van der Waals surface area contributed by atoms with Gasteiger partial charge in [0, 0.05) is 0 Å². The van der Waals surface area contributed by atoms with Gasteiger partial charge in [-0.1, -0.05) is 0 Å². The van der Waals surface area contributed by atoms with Crippen LogP contribution in [-0.4, -0.2) is 33.2 Å². The highest BCUT2D eigenvalue weighted by molar-refractivity contribution is 7.98. The summed E-state index contributed by atoms with van der Waals surface area (Å²) in [7, 11) is 0. The van der Waals surface area contributed by atoms with Crippen LogP contribution in [0.5, 0.6) is 0 Å². The predicted molar refractivity (Wildman–Crippen MR) is 82.5 cm³/mol. The number of hydrogen-bond donors (Lipinski definition) is 2. The van der Waals surface area contributed by atoms with Crippen LogP contribution in [0.3, 0.4) is 0 Å². The molecule has 2 aromatic rings. The molecule has 6 nitrogen and oxygen atoms in total. The number of nitrogens with zero attached hydrogens (tertiary/aromatic N) is 2. The normalized spacial score (nSPS) is 10.4. The summed E-state index contributed by atoms with van der Waals surface area (Å²) in [5.74, 6) is -0.742. The van der Waals surface area contributed by atoms with Crippen molar-refractivity contribution in [3.05, 3.63) is 34.1 Å². The van der Waals surface area contributed by atoms with E-state index in [2.05, 4.69) is 15.3 Å². The molecular weight excluding hydrogens is 310 g/mol. The Morgan fingerprint density at radius 1 is 1.29 bits per heavy atom. The molecule has 1 amide bonds. The fourth-order valence-corrected chi connectivity index (χ4v) is 3.19. The van der Waals surface area contributed by atoms with Crippen LogP contribution in [0.25, 0.3) is 0 Å². The summed E-state index contributed by atoms with van der Waals surface area (Å²) in [6.45, 7) is 3.52. The Balaban J connectivity index is 2.29. The predicted octanol–water partition coefficient (Wildman–Crippen LogP) is 2.83. The largest absolute Gasteiger partial charge is 0.477 e. The van der Waals surface area contributed by atoms with Crippen molar-refractivity contribution in [2.75, 3.05) is 11.6 Å². The molecule has 0 bridgehead atoms. The number of amides is 1. The molecule has 0 unspecified atom stereocenters. The molecule has 0 aliphatic carbocycles. The molecular formula is C13H13N3O3S2. The number of carbonyl (C=O) groups excluding carboxylic acids is 1. The average molecular weight is 323 g/mol. The van der Waals surface area contributed by atoms with E-state index < -0.39 is 5.97 Å². The number of carboxylic acid groups (broad SMARTS) is 1. The van der Waals surface area contributed by atoms with Crippen LogP contribution in [0.1, 0.15) is 31.5 Å². The van der Waals surface area contributed by atoms with Gasteiger partial charge in [0.1, 0.15) is 15.7 Å². The zero-order chi connectivity index (χ0) is 15.6. The van der Waals surface area contributed by atoms with Crippen molar-refractivity contribution in [2.45, 2.75) is 18.9 Å². The van der Waals surface area contributed by atoms with Crippen LogP contribution in [0.4, 0.5) is 5.00 Å². The van der Waals surface area contributed by atoms with Gasteiger partial charge in [-0.05, 0) is 32.2 Å². The standard InChI is InChI=1S/C13H13N3O3S2/c1-6-10(12(20-3)15-7(2)14-6)11(17)16-9-5-4-8(21-9)13(18)19/h4-5H,1-3H3,(H,16,17)(H,18,19). The van der Waals surface area contributed by atoms with E-state index >= 15 is 0 Å². The summed E-state index contributed by atoms with van der Waals surface area (Å²) < 4.78 is 0. The number of aromatic nitrogens is 2. The smallest absolute Gasteiger partial charge is 0.345 e. The Labute approximate surface area is 129 Å². The summed E-state index contributed by atoms with van der Waals surface area (Å²) in [6, 6.07) is 3.02. The molecule has 8 heteroatoms. The van der Waals surface area contributed by atoms with Crippen molar-refractivity contribution in [1.29, 1.82) is 0 Å². The lowest BCUT2D eigenvalue weighted by molar-refractivity contribution is 0.0702. The fourth-order valence-electron chi connectivity index (χ4n) is 1.78. The molecule has 0 atom stereocenters. The number of hydrogen-bond acceptors (Lipinski definition) is 6. The molecule has 0 spiro atoms. The number of aryl methyl sites for hydroxylation is 2. The van der Waals surface area contributed by atoms with Gasteiger partial charge >= 0.3 is 5.97 Å². The number of rotatable bonds is 4. The number of nitrogens with one attached hydrogen (secondary N) is 1. The minimum absolute atomic E-state index is 0.173. The van der Waals surface area contributed by atoms with Crippen molar-refractivity contribution in [3.8, 4) is 0 Å². The van der Waals surface area contributed by atoms with Gasteiger partial charge < -0.3 is 10.4 Å². The summed E-state index contributed by atoms with van der Waals surface area (Å²) in [4.78, 5) is 31.8. The maximum atomic E-state index is 12.4. The lowest BCUT2D eigenvalue weighted by atomic mass is 10.2. The van der Waals surface area contributed by atoms with Crippen LogP contribution in [0, 0.1) is 13.8 Å². The van der Waals surface area contributed by atoms with Crippen LogP contribution in [-0.2, 0) is 0 Å². The highest BCUT2D eigenvalue weighted by atomic mass is 32.2. The van der Waals surface area contributed by atoms with E-state index in [0.29, 0.717) is 27.1 Å². The van der Waals surface area contributed by atoms with Crippen LogP contribution in [0.2, 0.25) is 0 Å². The molecule has 2 aromatic heterocycles. The molecule has 0 aliphatic rings. The second kappa shape index (κ2) is 6.23. The molecule has 0 aliphatic heterocycles. The Bertz CT molecular complexity index is 713. The third kappa shape index (κ3) is 3.40. The van der Waals surface area contributed by atoms with E-state index in [1.54, 1.807) is 19.9 Å². The quantitative estimate of drug-likeness (QED) is 0.664. The topological polar surface area (TPSA) is 92.2 Å². The monoisotopic (exact) mass is 323 g/mol. The highest BCUT2D eigenvalue weighted by Crippen LogP contribution is 2.25. The number of thiophene rings is 1. The van der Waals surface area contributed by atoms with Gasteiger partial charge in [-0.25, -0.2) is 14.8 Å². The SMILES string of the molecule is CSc1nc(C)nc(C)c1C(=O)Nc1ccc(C(=O)O)s1.